The van der Waals surface area contributed by atoms with Crippen molar-refractivity contribution < 1.29 is 8.78 Å². The predicted molar refractivity (Wildman–Crippen MR) is 62.0 cm³/mol. The van der Waals surface area contributed by atoms with Gasteiger partial charge in [-0.1, -0.05) is 36.4 Å². The van der Waals surface area contributed by atoms with Gasteiger partial charge in [-0.15, -0.1) is 0 Å². The van der Waals surface area contributed by atoms with Crippen LogP contribution in [0.4, 0.5) is 8.78 Å². The molecule has 0 aliphatic heterocycles. The lowest BCUT2D eigenvalue weighted by Gasteiger charge is -2.01. The summed E-state index contributed by atoms with van der Waals surface area (Å²) in [6.07, 6.45) is 1.89. The Morgan fingerprint density at radius 2 is 1.25 bits per heavy atom. The highest BCUT2D eigenvalue weighted by atomic mass is 19.1. The average Bonchev–Trinajstić information content (AvgIpc) is 2.32. The minimum Gasteiger partial charge on any atom is -0.216 e. The molecule has 0 fully saturated rings. The Kier molecular flexibility index (Phi) is 3.10. The smallest absolute Gasteiger partial charge is 0.123 e. The molecule has 2 rings (SSSR count). The maximum atomic E-state index is 12.7. The molecule has 2 aromatic rings. The van der Waals surface area contributed by atoms with Crippen molar-refractivity contribution in [1.82, 2.24) is 0 Å². The van der Waals surface area contributed by atoms with E-state index in [0.29, 0.717) is 6.33 Å². The first-order valence-corrected chi connectivity index (χ1v) is 4.92. The molecule has 0 saturated heterocycles. The van der Waals surface area contributed by atoms with E-state index in [0.717, 1.165) is 16.7 Å². The normalized spacial score (nSPS) is 10.9. The van der Waals surface area contributed by atoms with Crippen molar-refractivity contribution in [3.8, 4) is 11.1 Å². The van der Waals surface area contributed by atoms with E-state index in [2.05, 4.69) is 0 Å². The van der Waals surface area contributed by atoms with Crippen molar-refractivity contribution >= 4 is 6.08 Å². The fourth-order valence-electron chi connectivity index (χ4n) is 1.50. The van der Waals surface area contributed by atoms with Gasteiger partial charge in [0.05, 0.1) is 6.33 Å². The van der Waals surface area contributed by atoms with E-state index in [4.69, 9.17) is 0 Å². The summed E-state index contributed by atoms with van der Waals surface area (Å²) in [7, 11) is 0. The second kappa shape index (κ2) is 4.71. The molecule has 0 N–H and O–H groups in total. The Bertz CT molecular complexity index is 481. The Morgan fingerprint density at radius 3 is 1.75 bits per heavy atom. The van der Waals surface area contributed by atoms with Crippen LogP contribution in [0.3, 0.4) is 0 Å². The summed E-state index contributed by atoms with van der Waals surface area (Å²) in [5.74, 6) is -0.249. The van der Waals surface area contributed by atoms with Crippen LogP contribution in [0.15, 0.2) is 54.9 Å². The molecule has 0 unspecified atom stereocenters. The lowest BCUT2D eigenvalue weighted by molar-refractivity contribution is 0.628. The molecule has 0 aliphatic carbocycles. The van der Waals surface area contributed by atoms with Gasteiger partial charge < -0.3 is 0 Å². The van der Waals surface area contributed by atoms with Crippen LogP contribution in [-0.4, -0.2) is 0 Å². The van der Waals surface area contributed by atoms with Crippen molar-refractivity contribution in [3.63, 3.8) is 0 Å². The number of halogens is 2. The molecule has 0 bridgehead atoms. The minimum absolute atomic E-state index is 0.249. The summed E-state index contributed by atoms with van der Waals surface area (Å²) in [4.78, 5) is 0. The molecule has 0 saturated carbocycles. The summed E-state index contributed by atoms with van der Waals surface area (Å²) in [6.45, 7) is 0. The van der Waals surface area contributed by atoms with E-state index in [1.165, 1.54) is 18.2 Å². The Hall–Kier alpha value is -1.96. The van der Waals surface area contributed by atoms with Gasteiger partial charge in [-0.05, 0) is 34.9 Å². The highest BCUT2D eigenvalue weighted by molar-refractivity contribution is 5.65. The molecule has 2 heteroatoms. The van der Waals surface area contributed by atoms with Gasteiger partial charge in [0.15, 0.2) is 0 Å². The molecule has 16 heavy (non-hydrogen) atoms. The zero-order valence-electron chi connectivity index (χ0n) is 8.53. The van der Waals surface area contributed by atoms with E-state index in [-0.39, 0.29) is 5.82 Å². The van der Waals surface area contributed by atoms with Crippen LogP contribution in [0.25, 0.3) is 17.2 Å². The van der Waals surface area contributed by atoms with Crippen molar-refractivity contribution in [2.45, 2.75) is 0 Å². The van der Waals surface area contributed by atoms with E-state index in [1.807, 2.05) is 24.3 Å². The molecule has 0 amide bonds. The summed E-state index contributed by atoms with van der Waals surface area (Å²) in [6, 6.07) is 13.7. The summed E-state index contributed by atoms with van der Waals surface area (Å²) >= 11 is 0. The molecule has 0 radical (unpaired) electrons. The lowest BCUT2D eigenvalue weighted by Crippen LogP contribution is -1.79. The average molecular weight is 216 g/mol. The molecule has 0 spiro atoms. The first kappa shape index (κ1) is 10.6. The van der Waals surface area contributed by atoms with Gasteiger partial charge in [0.2, 0.25) is 0 Å². The van der Waals surface area contributed by atoms with E-state index in [1.54, 1.807) is 12.1 Å². The SMILES string of the molecule is FC=Cc1ccc(-c2ccc(F)cc2)cc1. The predicted octanol–water partition coefficient (Wildman–Crippen LogP) is 4.43. The molecule has 0 aliphatic rings. The largest absolute Gasteiger partial charge is 0.216 e. The third-order valence-corrected chi connectivity index (χ3v) is 2.34. The first-order valence-electron chi connectivity index (χ1n) is 4.92. The second-order valence-electron chi connectivity index (χ2n) is 3.42. The van der Waals surface area contributed by atoms with Crippen LogP contribution in [0.5, 0.6) is 0 Å². The first-order chi connectivity index (χ1) is 7.79. The standard InChI is InChI=1S/C14H10F2/c15-10-9-11-1-3-12(4-2-11)13-5-7-14(16)8-6-13/h1-10H. The summed E-state index contributed by atoms with van der Waals surface area (Å²) in [5.41, 5.74) is 2.72. The van der Waals surface area contributed by atoms with Crippen molar-refractivity contribution in [1.29, 1.82) is 0 Å². The highest BCUT2D eigenvalue weighted by Gasteiger charge is 1.97. The van der Waals surface area contributed by atoms with Crippen LogP contribution >= 0.6 is 0 Å². The molecule has 2 aromatic carbocycles. The van der Waals surface area contributed by atoms with E-state index < -0.39 is 0 Å². The van der Waals surface area contributed by atoms with Gasteiger partial charge in [-0.3, -0.25) is 0 Å². The lowest BCUT2D eigenvalue weighted by atomic mass is 10.0. The van der Waals surface area contributed by atoms with Gasteiger partial charge in [0, 0.05) is 0 Å². The summed E-state index contributed by atoms with van der Waals surface area (Å²) in [5, 5.41) is 0. The molecular weight excluding hydrogens is 206 g/mol. The molecule has 0 atom stereocenters. The Balaban J connectivity index is 2.31. The van der Waals surface area contributed by atoms with E-state index in [9.17, 15) is 8.78 Å². The van der Waals surface area contributed by atoms with Crippen LogP contribution in [0.1, 0.15) is 5.56 Å². The van der Waals surface area contributed by atoms with Gasteiger partial charge in [-0.2, -0.15) is 0 Å². The van der Waals surface area contributed by atoms with Crippen LogP contribution in [0, 0.1) is 5.82 Å². The quantitative estimate of drug-likeness (QED) is 0.696. The van der Waals surface area contributed by atoms with Gasteiger partial charge >= 0.3 is 0 Å². The molecule has 0 nitrogen and oxygen atoms in total. The summed E-state index contributed by atoms with van der Waals surface area (Å²) < 4.78 is 24.6. The van der Waals surface area contributed by atoms with Crippen LogP contribution < -0.4 is 0 Å². The maximum Gasteiger partial charge on any atom is 0.123 e. The van der Waals surface area contributed by atoms with Crippen LogP contribution in [0.2, 0.25) is 0 Å². The maximum absolute atomic E-state index is 12.7. The third kappa shape index (κ3) is 2.34. The molecule has 0 heterocycles. The monoisotopic (exact) mass is 216 g/mol. The highest BCUT2D eigenvalue weighted by Crippen LogP contribution is 2.20. The number of rotatable bonds is 2. The zero-order valence-corrected chi connectivity index (χ0v) is 8.53. The van der Waals surface area contributed by atoms with Crippen molar-refractivity contribution in [2.24, 2.45) is 0 Å². The zero-order chi connectivity index (χ0) is 11.4. The second-order valence-corrected chi connectivity index (χ2v) is 3.42. The molecular formula is C14H10F2. The number of benzene rings is 2. The molecule has 80 valence electrons. The van der Waals surface area contributed by atoms with Gasteiger partial charge in [-0.25, -0.2) is 8.78 Å². The third-order valence-electron chi connectivity index (χ3n) is 2.34. The Morgan fingerprint density at radius 1 is 0.750 bits per heavy atom. The van der Waals surface area contributed by atoms with Crippen LogP contribution in [-0.2, 0) is 0 Å². The fraction of sp³-hybridized carbons (Fsp3) is 0. The number of hydrogen-bond donors (Lipinski definition) is 0. The number of hydrogen-bond acceptors (Lipinski definition) is 0. The Labute approximate surface area is 92.9 Å². The fourth-order valence-corrected chi connectivity index (χ4v) is 1.50. The molecule has 0 aromatic heterocycles. The van der Waals surface area contributed by atoms with Crippen molar-refractivity contribution in [2.75, 3.05) is 0 Å². The van der Waals surface area contributed by atoms with Gasteiger partial charge in [0.25, 0.3) is 0 Å². The topological polar surface area (TPSA) is 0 Å². The van der Waals surface area contributed by atoms with Crippen molar-refractivity contribution in [3.05, 3.63) is 66.2 Å². The minimum atomic E-state index is -0.249. The van der Waals surface area contributed by atoms with E-state index >= 15 is 0 Å². The van der Waals surface area contributed by atoms with Gasteiger partial charge in [0.1, 0.15) is 5.82 Å².